The number of hydrogen-bond acceptors (Lipinski definition) is 0. The Hall–Kier alpha value is -4.36. The monoisotopic (exact) mass is 671 g/mol. The molecular weight excluding hydrogens is 615 g/mol. The number of benzene rings is 4. The highest BCUT2D eigenvalue weighted by Gasteiger charge is 2.37. The number of fused-ring (bicyclic) bond motifs is 4. The molecule has 0 unspecified atom stereocenters. The predicted molar refractivity (Wildman–Crippen MR) is 221 cm³/mol. The highest BCUT2D eigenvalue weighted by Crippen LogP contribution is 2.50. The lowest BCUT2D eigenvalue weighted by Crippen LogP contribution is -2.46. The van der Waals surface area contributed by atoms with Gasteiger partial charge >= 0.3 is 0 Å². The summed E-state index contributed by atoms with van der Waals surface area (Å²) in [4.78, 5) is 0. The van der Waals surface area contributed by atoms with Crippen LogP contribution < -0.4 is 4.57 Å². The molecule has 0 fully saturated rings. The van der Waals surface area contributed by atoms with E-state index in [1.807, 2.05) is 0 Å². The van der Waals surface area contributed by atoms with Gasteiger partial charge in [-0.2, -0.15) is 0 Å². The summed E-state index contributed by atoms with van der Waals surface area (Å²) in [7, 11) is 0. The van der Waals surface area contributed by atoms with Crippen molar-refractivity contribution in [3.63, 3.8) is 0 Å². The summed E-state index contributed by atoms with van der Waals surface area (Å²) in [6.45, 7) is 34.8. The lowest BCUT2D eigenvalue weighted by molar-refractivity contribution is -0.591. The van der Waals surface area contributed by atoms with Crippen LogP contribution >= 0.6 is 0 Å². The quantitative estimate of drug-likeness (QED) is 0.0999. The SMILES string of the molecule is Cc1cc(C)c(C2=C3C=C(C(C)(C)C)C=C[C-]3[n+]3c4ccc(C(C)(C)C)cc4c(-c4c(C)cc(C)cc4C)c4cc(C(C)(C)C)cc2c43)c(C)c1. The predicted octanol–water partition coefficient (Wildman–Crippen LogP) is 13.1. The van der Waals surface area contributed by atoms with Crippen LogP contribution in [0.4, 0.5) is 0 Å². The van der Waals surface area contributed by atoms with E-state index in [0.717, 1.165) is 0 Å². The number of pyridine rings is 1. The number of aromatic nitrogens is 1. The maximum Gasteiger partial charge on any atom is 0.169 e. The molecule has 1 aliphatic carbocycles. The van der Waals surface area contributed by atoms with Gasteiger partial charge in [0, 0.05) is 10.8 Å². The first kappa shape index (κ1) is 35.1. The maximum atomic E-state index is 2.62. The van der Waals surface area contributed by atoms with E-state index in [-0.39, 0.29) is 16.2 Å². The third kappa shape index (κ3) is 5.69. The largest absolute Gasteiger partial charge is 0.234 e. The fraction of sp³-hybridized carbons (Fsp3) is 0.360. The smallest absolute Gasteiger partial charge is 0.169 e. The molecule has 2 aliphatic rings. The molecule has 7 rings (SSSR count). The Morgan fingerprint density at radius 2 is 1.06 bits per heavy atom. The highest BCUT2D eigenvalue weighted by atomic mass is 15.0. The molecule has 4 aromatic carbocycles. The minimum Gasteiger partial charge on any atom is -0.234 e. The van der Waals surface area contributed by atoms with E-state index in [0.29, 0.717) is 0 Å². The second kappa shape index (κ2) is 11.6. The third-order valence-corrected chi connectivity index (χ3v) is 11.3. The summed E-state index contributed by atoms with van der Waals surface area (Å²) < 4.78 is 2.62. The first-order valence-corrected chi connectivity index (χ1v) is 18.9. The van der Waals surface area contributed by atoms with Gasteiger partial charge in [-0.05, 0) is 131 Å². The molecule has 51 heavy (non-hydrogen) atoms. The van der Waals surface area contributed by atoms with Crippen molar-refractivity contribution in [3.8, 4) is 11.1 Å². The van der Waals surface area contributed by atoms with E-state index >= 15 is 0 Å². The highest BCUT2D eigenvalue weighted by molar-refractivity contribution is 6.13. The Labute approximate surface area is 307 Å². The number of allylic oxidation sites excluding steroid dienone is 5. The lowest BCUT2D eigenvalue weighted by atomic mass is 9.73. The van der Waals surface area contributed by atoms with Gasteiger partial charge < -0.3 is 0 Å². The van der Waals surface area contributed by atoms with Gasteiger partial charge in [0.25, 0.3) is 0 Å². The number of aryl methyl sites for hydroxylation is 6. The lowest BCUT2D eigenvalue weighted by Gasteiger charge is -2.37. The summed E-state index contributed by atoms with van der Waals surface area (Å²) >= 11 is 0. The van der Waals surface area contributed by atoms with Gasteiger partial charge in [0.2, 0.25) is 0 Å². The molecule has 0 amide bonds. The molecule has 0 saturated carbocycles. The molecule has 0 radical (unpaired) electrons. The second-order valence-electron chi connectivity index (χ2n) is 18.8. The van der Waals surface area contributed by atoms with Crippen molar-refractivity contribution in [2.45, 2.75) is 115 Å². The summed E-state index contributed by atoms with van der Waals surface area (Å²) in [6, 6.07) is 23.1. The second-order valence-corrected chi connectivity index (χ2v) is 18.8. The van der Waals surface area contributed by atoms with Crippen molar-refractivity contribution in [2.75, 3.05) is 0 Å². The maximum absolute atomic E-state index is 2.62. The molecule has 1 aliphatic heterocycles. The fourth-order valence-corrected chi connectivity index (χ4v) is 8.83. The number of nitrogens with zero attached hydrogens (tertiary/aromatic N) is 1. The van der Waals surface area contributed by atoms with Crippen molar-refractivity contribution in [3.05, 3.63) is 146 Å². The van der Waals surface area contributed by atoms with Gasteiger partial charge in [0.05, 0.1) is 0 Å². The van der Waals surface area contributed by atoms with E-state index in [2.05, 4.69) is 181 Å². The number of hydrogen-bond donors (Lipinski definition) is 0. The number of rotatable bonds is 2. The van der Waals surface area contributed by atoms with Gasteiger partial charge in [-0.25, -0.2) is 4.57 Å². The van der Waals surface area contributed by atoms with Gasteiger partial charge in [-0.15, -0.1) is 12.2 Å². The molecule has 1 nitrogen and oxygen atoms in total. The molecule has 0 N–H and O–H groups in total. The Morgan fingerprint density at radius 3 is 1.59 bits per heavy atom. The molecule has 1 heteroatoms. The topological polar surface area (TPSA) is 3.88 Å². The summed E-state index contributed by atoms with van der Waals surface area (Å²) in [6.07, 6.45) is 7.29. The Kier molecular flexibility index (Phi) is 7.96. The van der Waals surface area contributed by atoms with Crippen LogP contribution in [0, 0.1) is 53.0 Å². The molecule has 0 saturated heterocycles. The van der Waals surface area contributed by atoms with Crippen LogP contribution in [0.5, 0.6) is 0 Å². The Morgan fingerprint density at radius 1 is 0.529 bits per heavy atom. The van der Waals surface area contributed by atoms with Crippen molar-refractivity contribution in [1.82, 2.24) is 0 Å². The minimum atomic E-state index is -0.0532. The molecule has 1 aromatic heterocycles. The van der Waals surface area contributed by atoms with Crippen LogP contribution in [0.25, 0.3) is 38.5 Å². The average Bonchev–Trinajstić information content (AvgIpc) is 3.00. The summed E-state index contributed by atoms with van der Waals surface area (Å²) in [5.41, 5.74) is 22.6. The van der Waals surface area contributed by atoms with Crippen LogP contribution in [-0.2, 0) is 10.8 Å². The standard InChI is InChI=1S/C50H57N/c1-28-20-30(3)43(31(4)21-28)45-37-24-34(48(7,8)9)16-18-41(37)51-42-19-17-35(49(10,11)12)25-38(42)46(44-32(5)22-29(2)23-33(44)6)40-27-36(50(13,14)15)26-39(45)47(40)51/h16-27H,1-15H3. The molecular formula is C50H57N. The van der Waals surface area contributed by atoms with Crippen molar-refractivity contribution >= 4 is 27.4 Å². The average molecular weight is 672 g/mol. The zero-order chi connectivity index (χ0) is 37.1. The van der Waals surface area contributed by atoms with Crippen LogP contribution in [0.2, 0.25) is 0 Å². The molecule has 0 atom stereocenters. The van der Waals surface area contributed by atoms with E-state index in [9.17, 15) is 0 Å². The Bertz CT molecular complexity index is 2350. The van der Waals surface area contributed by atoms with Gasteiger partial charge in [-0.3, -0.25) is 0 Å². The molecule has 0 spiro atoms. The fourth-order valence-electron chi connectivity index (χ4n) is 8.83. The zero-order valence-electron chi connectivity index (χ0n) is 33.9. The molecule has 0 bridgehead atoms. The van der Waals surface area contributed by atoms with Gasteiger partial charge in [0.15, 0.2) is 11.0 Å². The van der Waals surface area contributed by atoms with Crippen LogP contribution in [0.15, 0.2) is 84.0 Å². The van der Waals surface area contributed by atoms with Gasteiger partial charge in [-0.1, -0.05) is 133 Å². The first-order chi connectivity index (χ1) is 23.7. The molecule has 5 aromatic rings. The normalized spacial score (nSPS) is 14.9. The summed E-state index contributed by atoms with van der Waals surface area (Å²) in [5.74, 6) is 0. The molecule has 2 heterocycles. The van der Waals surface area contributed by atoms with Crippen LogP contribution in [0.1, 0.15) is 118 Å². The van der Waals surface area contributed by atoms with Crippen molar-refractivity contribution in [1.29, 1.82) is 0 Å². The first-order valence-electron chi connectivity index (χ1n) is 18.9. The van der Waals surface area contributed by atoms with E-state index in [4.69, 9.17) is 0 Å². The Balaban J connectivity index is 1.80. The van der Waals surface area contributed by atoms with Crippen LogP contribution in [0.3, 0.4) is 0 Å². The van der Waals surface area contributed by atoms with Crippen LogP contribution in [-0.4, -0.2) is 0 Å². The van der Waals surface area contributed by atoms with Gasteiger partial charge in [0.1, 0.15) is 6.04 Å². The summed E-state index contributed by atoms with van der Waals surface area (Å²) in [5, 5.41) is 2.65. The minimum absolute atomic E-state index is 0.0130. The molecule has 262 valence electrons. The van der Waals surface area contributed by atoms with E-state index in [1.54, 1.807) is 0 Å². The van der Waals surface area contributed by atoms with Crippen molar-refractivity contribution in [2.24, 2.45) is 5.41 Å². The zero-order valence-corrected chi connectivity index (χ0v) is 33.9. The van der Waals surface area contributed by atoms with E-state index in [1.165, 1.54) is 111 Å². The van der Waals surface area contributed by atoms with E-state index < -0.39 is 0 Å². The van der Waals surface area contributed by atoms with Crippen molar-refractivity contribution < 1.29 is 4.57 Å². The third-order valence-electron chi connectivity index (χ3n) is 11.3.